The van der Waals surface area contributed by atoms with Gasteiger partial charge in [0.15, 0.2) is 0 Å². The van der Waals surface area contributed by atoms with E-state index < -0.39 is 0 Å². The lowest BCUT2D eigenvalue weighted by molar-refractivity contribution is 0.548. The first-order chi connectivity index (χ1) is 11.3. The Morgan fingerprint density at radius 2 is 1.22 bits per heavy atom. The molecule has 3 N–H and O–H groups in total. The van der Waals surface area contributed by atoms with E-state index in [-0.39, 0.29) is 6.04 Å². The quantitative estimate of drug-likeness (QED) is 0.241. The molecule has 2 nitrogen and oxygen atoms in total. The maximum atomic E-state index is 5.70. The van der Waals surface area contributed by atoms with Crippen LogP contribution in [0.5, 0.6) is 0 Å². The van der Waals surface area contributed by atoms with Gasteiger partial charge in [-0.05, 0) is 45.6 Å². The number of allylic oxidation sites excluding steroid dienone is 2. The van der Waals surface area contributed by atoms with Gasteiger partial charge in [0.25, 0.3) is 0 Å². The number of hydrogen-bond donors (Lipinski definition) is 2. The van der Waals surface area contributed by atoms with Crippen LogP contribution in [0.1, 0.15) is 104 Å². The molecule has 0 aliphatic rings. The highest BCUT2D eigenvalue weighted by atomic mass is 14.9. The monoisotopic (exact) mass is 324 g/mol. The van der Waals surface area contributed by atoms with Crippen LogP contribution in [0.25, 0.3) is 0 Å². The Morgan fingerprint density at radius 3 is 1.74 bits per heavy atom. The van der Waals surface area contributed by atoms with E-state index in [4.69, 9.17) is 5.73 Å². The Hall–Kier alpha value is -0.340. The molecule has 0 aliphatic carbocycles. The van der Waals surface area contributed by atoms with Crippen molar-refractivity contribution >= 4 is 0 Å². The number of nitrogens with one attached hydrogen (secondary N) is 1. The smallest absolute Gasteiger partial charge is 0.0136 e. The molecule has 0 fully saturated rings. The highest BCUT2D eigenvalue weighted by molar-refractivity contribution is 4.81. The van der Waals surface area contributed by atoms with Crippen LogP contribution in [0.3, 0.4) is 0 Å². The van der Waals surface area contributed by atoms with Gasteiger partial charge in [-0.3, -0.25) is 0 Å². The third-order valence-electron chi connectivity index (χ3n) is 4.33. The lowest BCUT2D eigenvalue weighted by Gasteiger charge is -2.06. The zero-order valence-electron chi connectivity index (χ0n) is 16.1. The first-order valence-electron chi connectivity index (χ1n) is 10.4. The van der Waals surface area contributed by atoms with Crippen LogP contribution in [0, 0.1) is 0 Å². The summed E-state index contributed by atoms with van der Waals surface area (Å²) in [5.74, 6) is 0. The molecular formula is C21H44N2. The van der Waals surface area contributed by atoms with Gasteiger partial charge in [-0.2, -0.15) is 0 Å². The average molecular weight is 325 g/mol. The highest BCUT2D eigenvalue weighted by Gasteiger charge is 1.94. The van der Waals surface area contributed by atoms with Gasteiger partial charge < -0.3 is 11.1 Å². The Labute approximate surface area is 146 Å². The van der Waals surface area contributed by atoms with Crippen LogP contribution in [0.2, 0.25) is 0 Å². The van der Waals surface area contributed by atoms with Gasteiger partial charge in [0.1, 0.15) is 0 Å². The summed E-state index contributed by atoms with van der Waals surface area (Å²) in [7, 11) is 0. The van der Waals surface area contributed by atoms with Crippen LogP contribution >= 0.6 is 0 Å². The fourth-order valence-electron chi connectivity index (χ4n) is 2.83. The second kappa shape index (κ2) is 19.7. The van der Waals surface area contributed by atoms with E-state index >= 15 is 0 Å². The van der Waals surface area contributed by atoms with Crippen LogP contribution in [-0.2, 0) is 0 Å². The van der Waals surface area contributed by atoms with Gasteiger partial charge in [-0.1, -0.05) is 76.9 Å². The van der Waals surface area contributed by atoms with Gasteiger partial charge in [0.2, 0.25) is 0 Å². The van der Waals surface area contributed by atoms with Crippen molar-refractivity contribution in [2.24, 2.45) is 5.73 Å². The van der Waals surface area contributed by atoms with Crippen molar-refractivity contribution in [3.63, 3.8) is 0 Å². The highest BCUT2D eigenvalue weighted by Crippen LogP contribution is 2.09. The van der Waals surface area contributed by atoms with E-state index in [1.54, 1.807) is 0 Å². The van der Waals surface area contributed by atoms with Crippen molar-refractivity contribution in [3.05, 3.63) is 12.2 Å². The molecule has 0 bridgehead atoms. The zero-order valence-corrected chi connectivity index (χ0v) is 16.1. The van der Waals surface area contributed by atoms with Crippen LogP contribution in [-0.4, -0.2) is 19.1 Å². The summed E-state index contributed by atoms with van der Waals surface area (Å²) in [5.41, 5.74) is 5.70. The third kappa shape index (κ3) is 21.7. The first kappa shape index (κ1) is 22.7. The normalized spacial score (nSPS) is 13.0. The lowest BCUT2D eigenvalue weighted by atomic mass is 10.1. The molecule has 138 valence electrons. The Balaban J connectivity index is 3.05. The van der Waals surface area contributed by atoms with Crippen molar-refractivity contribution in [1.29, 1.82) is 0 Å². The van der Waals surface area contributed by atoms with Crippen molar-refractivity contribution in [3.8, 4) is 0 Å². The number of unbranched alkanes of at least 4 members (excludes halogenated alkanes) is 12. The average Bonchev–Trinajstić information content (AvgIpc) is 2.53. The minimum Gasteiger partial charge on any atom is -0.327 e. The summed E-state index contributed by atoms with van der Waals surface area (Å²) in [6.07, 6.45) is 24.0. The van der Waals surface area contributed by atoms with E-state index in [0.29, 0.717) is 0 Å². The molecule has 0 amide bonds. The number of hydrogen-bond acceptors (Lipinski definition) is 2. The largest absolute Gasteiger partial charge is 0.327 e. The third-order valence-corrected chi connectivity index (χ3v) is 4.33. The SMILES string of the molecule is CCCCCCCCC=CCCCCCCCCNCC(C)N. The predicted molar refractivity (Wildman–Crippen MR) is 106 cm³/mol. The molecule has 23 heavy (non-hydrogen) atoms. The van der Waals surface area contributed by atoms with Crippen molar-refractivity contribution in [2.75, 3.05) is 13.1 Å². The molecule has 0 aliphatic heterocycles. The standard InChI is InChI=1S/C21H44N2/c1-3-4-5-6-7-8-9-10-11-12-13-14-15-16-17-18-19-23-20-21(2)22/h10-11,21,23H,3-9,12-20,22H2,1-2H3. The second-order valence-corrected chi connectivity index (χ2v) is 7.12. The van der Waals surface area contributed by atoms with Gasteiger partial charge >= 0.3 is 0 Å². The van der Waals surface area contributed by atoms with Gasteiger partial charge in [-0.15, -0.1) is 0 Å². The maximum Gasteiger partial charge on any atom is 0.0136 e. The summed E-state index contributed by atoms with van der Waals surface area (Å²) in [6.45, 7) is 6.41. The molecule has 0 aromatic rings. The Morgan fingerprint density at radius 1 is 0.739 bits per heavy atom. The molecule has 0 radical (unpaired) electrons. The van der Waals surface area contributed by atoms with Crippen molar-refractivity contribution in [2.45, 2.75) is 110 Å². The molecule has 0 saturated carbocycles. The van der Waals surface area contributed by atoms with Gasteiger partial charge in [0.05, 0.1) is 0 Å². The fourth-order valence-corrected chi connectivity index (χ4v) is 2.83. The summed E-state index contributed by atoms with van der Waals surface area (Å²) in [5, 5.41) is 3.40. The van der Waals surface area contributed by atoms with E-state index in [1.165, 1.54) is 89.9 Å². The van der Waals surface area contributed by atoms with Gasteiger partial charge in [-0.25, -0.2) is 0 Å². The summed E-state index contributed by atoms with van der Waals surface area (Å²) in [4.78, 5) is 0. The first-order valence-corrected chi connectivity index (χ1v) is 10.4. The molecule has 1 atom stereocenters. The molecule has 0 rings (SSSR count). The molecule has 0 spiro atoms. The second-order valence-electron chi connectivity index (χ2n) is 7.12. The lowest BCUT2D eigenvalue weighted by Crippen LogP contribution is -2.31. The van der Waals surface area contributed by atoms with Gasteiger partial charge in [0, 0.05) is 12.6 Å². The predicted octanol–water partition coefficient (Wildman–Crippen LogP) is 5.96. The Bertz CT molecular complexity index is 236. The summed E-state index contributed by atoms with van der Waals surface area (Å²) < 4.78 is 0. The summed E-state index contributed by atoms with van der Waals surface area (Å²) >= 11 is 0. The summed E-state index contributed by atoms with van der Waals surface area (Å²) in [6, 6.07) is 0.282. The molecule has 0 saturated heterocycles. The number of nitrogens with two attached hydrogens (primary N) is 1. The number of rotatable bonds is 18. The molecule has 0 heterocycles. The fraction of sp³-hybridized carbons (Fsp3) is 0.905. The topological polar surface area (TPSA) is 38.0 Å². The van der Waals surface area contributed by atoms with Crippen molar-refractivity contribution in [1.82, 2.24) is 5.32 Å². The Kier molecular flexibility index (Phi) is 19.4. The van der Waals surface area contributed by atoms with E-state index in [1.807, 2.05) is 0 Å². The molecular weight excluding hydrogens is 280 g/mol. The van der Waals surface area contributed by atoms with E-state index in [9.17, 15) is 0 Å². The molecule has 0 aromatic heterocycles. The molecule has 2 heteroatoms. The van der Waals surface area contributed by atoms with E-state index in [0.717, 1.165) is 13.1 Å². The zero-order chi connectivity index (χ0) is 17.0. The van der Waals surface area contributed by atoms with E-state index in [2.05, 4.69) is 31.3 Å². The minimum atomic E-state index is 0.282. The minimum absolute atomic E-state index is 0.282. The van der Waals surface area contributed by atoms with Crippen LogP contribution in [0.4, 0.5) is 0 Å². The van der Waals surface area contributed by atoms with Crippen molar-refractivity contribution < 1.29 is 0 Å². The van der Waals surface area contributed by atoms with Crippen LogP contribution < -0.4 is 11.1 Å². The maximum absolute atomic E-state index is 5.70. The van der Waals surface area contributed by atoms with Crippen LogP contribution in [0.15, 0.2) is 12.2 Å². The molecule has 0 aromatic carbocycles. The molecule has 1 unspecified atom stereocenters.